The molecule has 0 fully saturated rings. The lowest BCUT2D eigenvalue weighted by Gasteiger charge is -2.21. The van der Waals surface area contributed by atoms with Crippen LogP contribution in [0, 0.1) is 5.82 Å². The first kappa shape index (κ1) is 15.5. The Labute approximate surface area is 123 Å². The largest absolute Gasteiger partial charge is 0.396 e. The highest BCUT2D eigenvalue weighted by Crippen LogP contribution is 2.19. The number of hydrogen-bond acceptors (Lipinski definition) is 2. The molecule has 5 heteroatoms. The zero-order valence-corrected chi connectivity index (χ0v) is 12.2. The van der Waals surface area contributed by atoms with Gasteiger partial charge in [-0.1, -0.05) is 19.4 Å². The molecule has 2 N–H and O–H groups in total. The summed E-state index contributed by atoms with van der Waals surface area (Å²) in [6, 6.07) is 6.30. The molecule has 0 spiro atoms. The molecule has 0 radical (unpaired) electrons. The lowest BCUT2D eigenvalue weighted by atomic mass is 10.2. The van der Waals surface area contributed by atoms with E-state index in [-0.39, 0.29) is 18.3 Å². The van der Waals surface area contributed by atoms with Gasteiger partial charge in [0.15, 0.2) is 0 Å². The van der Waals surface area contributed by atoms with Gasteiger partial charge < -0.3 is 15.0 Å². The summed E-state index contributed by atoms with van der Waals surface area (Å²) in [4.78, 5) is 17.2. The molecule has 0 atom stereocenters. The van der Waals surface area contributed by atoms with E-state index in [0.717, 1.165) is 12.8 Å². The lowest BCUT2D eigenvalue weighted by Crippen LogP contribution is -2.33. The molecule has 1 aromatic heterocycles. The van der Waals surface area contributed by atoms with Crippen molar-refractivity contribution in [3.8, 4) is 0 Å². The molecular formula is C16H21FN2O2. The molecule has 1 aromatic carbocycles. The van der Waals surface area contributed by atoms with Gasteiger partial charge in [-0.2, -0.15) is 0 Å². The number of unbranched alkanes of at least 4 members (excludes halogenated alkanes) is 1. The van der Waals surface area contributed by atoms with E-state index in [0.29, 0.717) is 36.1 Å². The van der Waals surface area contributed by atoms with Crippen molar-refractivity contribution < 1.29 is 14.3 Å². The third kappa shape index (κ3) is 3.61. The topological polar surface area (TPSA) is 56.3 Å². The second kappa shape index (κ2) is 7.22. The summed E-state index contributed by atoms with van der Waals surface area (Å²) in [6.45, 7) is 3.27. The fraction of sp³-hybridized carbons (Fsp3) is 0.438. The van der Waals surface area contributed by atoms with Gasteiger partial charge in [-0.25, -0.2) is 4.39 Å². The smallest absolute Gasteiger partial charge is 0.270 e. The van der Waals surface area contributed by atoms with Gasteiger partial charge in [0.1, 0.15) is 11.5 Å². The van der Waals surface area contributed by atoms with Gasteiger partial charge in [0.05, 0.1) is 0 Å². The predicted molar refractivity (Wildman–Crippen MR) is 80.8 cm³/mol. The average Bonchev–Trinajstić information content (AvgIpc) is 2.92. The second-order valence-electron chi connectivity index (χ2n) is 5.11. The highest BCUT2D eigenvalue weighted by Gasteiger charge is 2.18. The van der Waals surface area contributed by atoms with Crippen molar-refractivity contribution in [3.05, 3.63) is 35.8 Å². The van der Waals surface area contributed by atoms with Crippen LogP contribution in [0.3, 0.4) is 0 Å². The summed E-state index contributed by atoms with van der Waals surface area (Å²) in [6.07, 6.45) is 2.44. The van der Waals surface area contributed by atoms with Crippen molar-refractivity contribution in [2.24, 2.45) is 0 Å². The second-order valence-corrected chi connectivity index (χ2v) is 5.11. The van der Waals surface area contributed by atoms with E-state index < -0.39 is 0 Å². The number of nitrogens with one attached hydrogen (secondary N) is 1. The number of rotatable bonds is 7. The summed E-state index contributed by atoms with van der Waals surface area (Å²) in [5, 5.41) is 9.38. The fourth-order valence-electron chi connectivity index (χ4n) is 2.33. The van der Waals surface area contributed by atoms with Crippen LogP contribution in [0.5, 0.6) is 0 Å². The molecule has 0 aliphatic carbocycles. The lowest BCUT2D eigenvalue weighted by molar-refractivity contribution is 0.0737. The van der Waals surface area contributed by atoms with Gasteiger partial charge in [-0.15, -0.1) is 0 Å². The number of carbonyl (C=O) groups is 1. The molecular weight excluding hydrogens is 271 g/mol. The fourth-order valence-corrected chi connectivity index (χ4v) is 2.33. The Balaban J connectivity index is 2.22. The van der Waals surface area contributed by atoms with E-state index in [1.165, 1.54) is 6.07 Å². The third-order valence-corrected chi connectivity index (χ3v) is 3.50. The Bertz CT molecular complexity index is 601. The Morgan fingerprint density at radius 2 is 2.10 bits per heavy atom. The van der Waals surface area contributed by atoms with Crippen molar-refractivity contribution in [3.63, 3.8) is 0 Å². The highest BCUT2D eigenvalue weighted by molar-refractivity contribution is 5.98. The SMILES string of the molecule is CCCCN(CCCO)C(=O)c1cc2c(F)cccc2[nH]1. The predicted octanol–water partition coefficient (Wildman–Crippen LogP) is 2.93. The van der Waals surface area contributed by atoms with Crippen molar-refractivity contribution in [2.75, 3.05) is 19.7 Å². The molecule has 0 aliphatic heterocycles. The minimum Gasteiger partial charge on any atom is -0.396 e. The Kier molecular flexibility index (Phi) is 5.33. The normalized spacial score (nSPS) is 11.0. The summed E-state index contributed by atoms with van der Waals surface area (Å²) in [5.74, 6) is -0.481. The molecule has 2 rings (SSSR count). The zero-order valence-electron chi connectivity index (χ0n) is 12.2. The molecule has 2 aromatic rings. The number of benzene rings is 1. The van der Waals surface area contributed by atoms with E-state index in [1.807, 2.05) is 0 Å². The van der Waals surface area contributed by atoms with Crippen molar-refractivity contribution >= 4 is 16.8 Å². The molecule has 0 saturated carbocycles. The van der Waals surface area contributed by atoms with Crippen LogP contribution in [0.15, 0.2) is 24.3 Å². The van der Waals surface area contributed by atoms with Gasteiger partial charge in [-0.3, -0.25) is 4.79 Å². The molecule has 1 heterocycles. The number of aliphatic hydroxyl groups is 1. The van der Waals surface area contributed by atoms with E-state index in [2.05, 4.69) is 11.9 Å². The van der Waals surface area contributed by atoms with E-state index in [1.54, 1.807) is 23.1 Å². The van der Waals surface area contributed by atoms with E-state index in [9.17, 15) is 9.18 Å². The number of halogens is 1. The van der Waals surface area contributed by atoms with Gasteiger partial charge in [-0.05, 0) is 31.0 Å². The number of amides is 1. The highest BCUT2D eigenvalue weighted by atomic mass is 19.1. The first-order chi connectivity index (χ1) is 10.2. The number of fused-ring (bicyclic) bond motifs is 1. The summed E-state index contributed by atoms with van der Waals surface area (Å²) >= 11 is 0. The van der Waals surface area contributed by atoms with Crippen LogP contribution in [0.4, 0.5) is 4.39 Å². The molecule has 0 unspecified atom stereocenters. The Morgan fingerprint density at radius 3 is 2.76 bits per heavy atom. The monoisotopic (exact) mass is 292 g/mol. The minimum atomic E-state index is -0.335. The molecule has 0 saturated heterocycles. The average molecular weight is 292 g/mol. The standard InChI is InChI=1S/C16H21FN2O2/c1-2-3-8-19(9-5-10-20)16(21)15-11-12-13(17)6-4-7-14(12)18-15/h4,6-7,11,18,20H,2-3,5,8-10H2,1H3. The van der Waals surface area contributed by atoms with Crippen LogP contribution in [0.1, 0.15) is 36.7 Å². The molecule has 0 aliphatic rings. The molecule has 114 valence electrons. The number of aliphatic hydroxyl groups excluding tert-OH is 1. The number of carbonyl (C=O) groups excluding carboxylic acids is 1. The summed E-state index contributed by atoms with van der Waals surface area (Å²) in [7, 11) is 0. The third-order valence-electron chi connectivity index (χ3n) is 3.50. The number of nitrogens with zero attached hydrogens (tertiary/aromatic N) is 1. The van der Waals surface area contributed by atoms with Gasteiger partial charge in [0.25, 0.3) is 5.91 Å². The summed E-state index contributed by atoms with van der Waals surface area (Å²) in [5.41, 5.74) is 1.01. The molecule has 0 bridgehead atoms. The van der Waals surface area contributed by atoms with Crippen LogP contribution in [0.2, 0.25) is 0 Å². The maximum Gasteiger partial charge on any atom is 0.270 e. The van der Waals surface area contributed by atoms with Crippen molar-refractivity contribution in [1.29, 1.82) is 0 Å². The maximum atomic E-state index is 13.7. The molecule has 21 heavy (non-hydrogen) atoms. The van der Waals surface area contributed by atoms with E-state index in [4.69, 9.17) is 5.11 Å². The van der Waals surface area contributed by atoms with E-state index >= 15 is 0 Å². The van der Waals surface area contributed by atoms with Crippen molar-refractivity contribution in [1.82, 2.24) is 9.88 Å². The first-order valence-corrected chi connectivity index (χ1v) is 7.34. The minimum absolute atomic E-state index is 0.0528. The van der Waals surface area contributed by atoms with Crippen LogP contribution in [-0.4, -0.2) is 40.6 Å². The Hall–Kier alpha value is -1.88. The van der Waals surface area contributed by atoms with Gasteiger partial charge in [0, 0.05) is 30.6 Å². The quantitative estimate of drug-likeness (QED) is 0.824. The molecule has 1 amide bonds. The van der Waals surface area contributed by atoms with Gasteiger partial charge in [0.2, 0.25) is 0 Å². The van der Waals surface area contributed by atoms with Crippen LogP contribution < -0.4 is 0 Å². The number of aromatic amines is 1. The summed E-state index contributed by atoms with van der Waals surface area (Å²) < 4.78 is 13.7. The van der Waals surface area contributed by atoms with Crippen molar-refractivity contribution in [2.45, 2.75) is 26.2 Å². The van der Waals surface area contributed by atoms with Crippen LogP contribution >= 0.6 is 0 Å². The van der Waals surface area contributed by atoms with Crippen LogP contribution in [0.25, 0.3) is 10.9 Å². The zero-order chi connectivity index (χ0) is 15.2. The van der Waals surface area contributed by atoms with Gasteiger partial charge >= 0.3 is 0 Å². The Morgan fingerprint density at radius 1 is 1.33 bits per heavy atom. The maximum absolute atomic E-state index is 13.7. The number of H-pyrrole nitrogens is 1. The number of aromatic nitrogens is 1. The number of hydrogen-bond donors (Lipinski definition) is 2. The molecule has 4 nitrogen and oxygen atoms in total. The first-order valence-electron chi connectivity index (χ1n) is 7.34. The van der Waals surface area contributed by atoms with Crippen LogP contribution in [-0.2, 0) is 0 Å².